The molecule has 1 unspecified atom stereocenters. The summed E-state index contributed by atoms with van der Waals surface area (Å²) in [4.78, 5) is 2.54. The average molecular weight is 262 g/mol. The summed E-state index contributed by atoms with van der Waals surface area (Å²) in [5.41, 5.74) is 3.91. The Labute approximate surface area is 116 Å². The number of nitrogens with one attached hydrogen (secondary N) is 1. The number of ether oxygens (including phenoxy) is 1. The monoisotopic (exact) mass is 262 g/mol. The molecule has 0 aromatic heterocycles. The molecule has 0 aliphatic carbocycles. The summed E-state index contributed by atoms with van der Waals surface area (Å²) in [5.74, 6) is 1.57. The minimum absolute atomic E-state index is 0.506. The molecule has 106 valence electrons. The summed E-state index contributed by atoms with van der Waals surface area (Å²) in [5, 5.41) is 3.40. The molecule has 0 amide bonds. The zero-order valence-corrected chi connectivity index (χ0v) is 12.6. The molecule has 1 aromatic rings. The van der Waals surface area contributed by atoms with Crippen LogP contribution in [-0.4, -0.2) is 44.7 Å². The molecule has 0 spiro atoms. The lowest BCUT2D eigenvalue weighted by Gasteiger charge is -2.30. The molecule has 0 bridgehead atoms. The second kappa shape index (κ2) is 6.40. The summed E-state index contributed by atoms with van der Waals surface area (Å²) in [6.45, 7) is 12.2. The van der Waals surface area contributed by atoms with Crippen LogP contribution in [0.15, 0.2) is 12.1 Å². The first kappa shape index (κ1) is 14.4. The lowest BCUT2D eigenvalue weighted by molar-refractivity contribution is 0.229. The highest BCUT2D eigenvalue weighted by Crippen LogP contribution is 2.31. The molecule has 1 aliphatic rings. The maximum atomic E-state index is 5.61. The maximum absolute atomic E-state index is 5.61. The third-order valence-electron chi connectivity index (χ3n) is 3.92. The minimum Gasteiger partial charge on any atom is -0.496 e. The lowest BCUT2D eigenvalue weighted by Crippen LogP contribution is -2.44. The molecular formula is C16H26N2O. The van der Waals surface area contributed by atoms with E-state index in [1.165, 1.54) is 16.7 Å². The summed E-state index contributed by atoms with van der Waals surface area (Å²) >= 11 is 0. The SMILES string of the molecule is COc1c(C)cc(C)cc1C(C)CN1CCNCC1. The fourth-order valence-corrected chi connectivity index (χ4v) is 3.01. The van der Waals surface area contributed by atoms with Crippen LogP contribution in [-0.2, 0) is 0 Å². The minimum atomic E-state index is 0.506. The van der Waals surface area contributed by atoms with Crippen molar-refractivity contribution in [1.82, 2.24) is 10.2 Å². The van der Waals surface area contributed by atoms with Gasteiger partial charge in [0.25, 0.3) is 0 Å². The molecule has 0 saturated carbocycles. The van der Waals surface area contributed by atoms with Crippen LogP contribution in [0.3, 0.4) is 0 Å². The van der Waals surface area contributed by atoms with Crippen LogP contribution in [0.2, 0.25) is 0 Å². The molecule has 1 aliphatic heterocycles. The Kier molecular flexibility index (Phi) is 4.83. The molecule has 1 aromatic carbocycles. The van der Waals surface area contributed by atoms with E-state index in [0.717, 1.165) is 38.5 Å². The zero-order valence-electron chi connectivity index (χ0n) is 12.6. The fourth-order valence-electron chi connectivity index (χ4n) is 3.01. The summed E-state index contributed by atoms with van der Waals surface area (Å²) in [6, 6.07) is 4.47. The molecule has 0 radical (unpaired) electrons. The van der Waals surface area contributed by atoms with Gasteiger partial charge in [0.05, 0.1) is 7.11 Å². The van der Waals surface area contributed by atoms with Gasteiger partial charge in [0.1, 0.15) is 5.75 Å². The van der Waals surface area contributed by atoms with Crippen LogP contribution in [0.1, 0.15) is 29.5 Å². The van der Waals surface area contributed by atoms with E-state index in [4.69, 9.17) is 4.74 Å². The van der Waals surface area contributed by atoms with Gasteiger partial charge in [-0.05, 0) is 30.9 Å². The second-order valence-electron chi connectivity index (χ2n) is 5.66. The molecule has 1 saturated heterocycles. The molecule has 3 heteroatoms. The molecule has 1 atom stereocenters. The number of rotatable bonds is 4. The van der Waals surface area contributed by atoms with E-state index in [1.807, 2.05) is 0 Å². The van der Waals surface area contributed by atoms with Crippen LogP contribution >= 0.6 is 0 Å². The van der Waals surface area contributed by atoms with Crippen molar-refractivity contribution in [2.75, 3.05) is 39.8 Å². The van der Waals surface area contributed by atoms with Crippen molar-refractivity contribution in [3.05, 3.63) is 28.8 Å². The van der Waals surface area contributed by atoms with E-state index in [2.05, 4.69) is 43.1 Å². The fraction of sp³-hybridized carbons (Fsp3) is 0.625. The number of hydrogen-bond donors (Lipinski definition) is 1. The Bertz CT molecular complexity index is 425. The summed E-state index contributed by atoms with van der Waals surface area (Å²) < 4.78 is 5.61. The predicted octanol–water partition coefficient (Wildman–Crippen LogP) is 2.32. The third-order valence-corrected chi connectivity index (χ3v) is 3.92. The van der Waals surface area contributed by atoms with E-state index < -0.39 is 0 Å². The van der Waals surface area contributed by atoms with Crippen LogP contribution in [0, 0.1) is 13.8 Å². The van der Waals surface area contributed by atoms with Crippen LogP contribution in [0.25, 0.3) is 0 Å². The molecule has 2 rings (SSSR count). The third kappa shape index (κ3) is 3.48. The number of hydrogen-bond acceptors (Lipinski definition) is 3. The summed E-state index contributed by atoms with van der Waals surface area (Å²) in [7, 11) is 1.78. The Balaban J connectivity index is 2.15. The first-order valence-electron chi connectivity index (χ1n) is 7.20. The van der Waals surface area contributed by atoms with Crippen molar-refractivity contribution in [2.24, 2.45) is 0 Å². The smallest absolute Gasteiger partial charge is 0.125 e. The van der Waals surface area contributed by atoms with Gasteiger partial charge in [-0.15, -0.1) is 0 Å². The van der Waals surface area contributed by atoms with Crippen LogP contribution in [0.5, 0.6) is 5.75 Å². The maximum Gasteiger partial charge on any atom is 0.125 e. The number of nitrogens with zero attached hydrogens (tertiary/aromatic N) is 1. The van der Waals surface area contributed by atoms with Crippen molar-refractivity contribution < 1.29 is 4.74 Å². The molecule has 1 heterocycles. The first-order valence-corrected chi connectivity index (χ1v) is 7.20. The first-order chi connectivity index (χ1) is 9.11. The Morgan fingerprint density at radius 1 is 1.26 bits per heavy atom. The van der Waals surface area contributed by atoms with Gasteiger partial charge in [0, 0.05) is 32.7 Å². The van der Waals surface area contributed by atoms with E-state index in [1.54, 1.807) is 7.11 Å². The number of methoxy groups -OCH3 is 1. The van der Waals surface area contributed by atoms with Gasteiger partial charge in [-0.2, -0.15) is 0 Å². The average Bonchev–Trinajstić information content (AvgIpc) is 2.39. The quantitative estimate of drug-likeness (QED) is 0.901. The molecule has 19 heavy (non-hydrogen) atoms. The molecule has 3 nitrogen and oxygen atoms in total. The van der Waals surface area contributed by atoms with E-state index in [9.17, 15) is 0 Å². The van der Waals surface area contributed by atoms with Crippen molar-refractivity contribution in [1.29, 1.82) is 0 Å². The predicted molar refractivity (Wildman–Crippen MR) is 80.2 cm³/mol. The highest BCUT2D eigenvalue weighted by atomic mass is 16.5. The molecular weight excluding hydrogens is 236 g/mol. The summed E-state index contributed by atoms with van der Waals surface area (Å²) in [6.07, 6.45) is 0. The Morgan fingerprint density at radius 2 is 1.95 bits per heavy atom. The van der Waals surface area contributed by atoms with Crippen LogP contribution < -0.4 is 10.1 Å². The second-order valence-corrected chi connectivity index (χ2v) is 5.66. The number of piperazine rings is 1. The van der Waals surface area contributed by atoms with Crippen LogP contribution in [0.4, 0.5) is 0 Å². The largest absolute Gasteiger partial charge is 0.496 e. The highest BCUT2D eigenvalue weighted by Gasteiger charge is 2.18. The van der Waals surface area contributed by atoms with E-state index in [-0.39, 0.29) is 0 Å². The standard InChI is InChI=1S/C16H26N2O/c1-12-9-13(2)16(19-4)15(10-12)14(3)11-18-7-5-17-6-8-18/h9-10,14,17H,5-8,11H2,1-4H3. The van der Waals surface area contributed by atoms with Crippen molar-refractivity contribution in [3.8, 4) is 5.75 Å². The van der Waals surface area contributed by atoms with Gasteiger partial charge < -0.3 is 15.0 Å². The van der Waals surface area contributed by atoms with Crippen molar-refractivity contribution in [2.45, 2.75) is 26.7 Å². The topological polar surface area (TPSA) is 24.5 Å². The zero-order chi connectivity index (χ0) is 13.8. The Hall–Kier alpha value is -1.06. The molecule has 1 fully saturated rings. The highest BCUT2D eigenvalue weighted by molar-refractivity contribution is 5.45. The van der Waals surface area contributed by atoms with Gasteiger partial charge in [0.2, 0.25) is 0 Å². The van der Waals surface area contributed by atoms with Crippen molar-refractivity contribution in [3.63, 3.8) is 0 Å². The normalized spacial score (nSPS) is 18.3. The van der Waals surface area contributed by atoms with Gasteiger partial charge in [0.15, 0.2) is 0 Å². The van der Waals surface area contributed by atoms with Gasteiger partial charge >= 0.3 is 0 Å². The molecule has 1 N–H and O–H groups in total. The van der Waals surface area contributed by atoms with E-state index >= 15 is 0 Å². The number of aryl methyl sites for hydroxylation is 2. The van der Waals surface area contributed by atoms with E-state index in [0.29, 0.717) is 5.92 Å². The number of benzene rings is 1. The van der Waals surface area contributed by atoms with Gasteiger partial charge in [-0.3, -0.25) is 0 Å². The van der Waals surface area contributed by atoms with Crippen molar-refractivity contribution >= 4 is 0 Å². The Morgan fingerprint density at radius 3 is 2.58 bits per heavy atom. The van der Waals surface area contributed by atoms with Gasteiger partial charge in [-0.1, -0.05) is 24.6 Å². The lowest BCUT2D eigenvalue weighted by atomic mass is 9.95. The van der Waals surface area contributed by atoms with Gasteiger partial charge in [-0.25, -0.2) is 0 Å².